The number of nitrogens with one attached hydrogen (secondary N) is 1. The summed E-state index contributed by atoms with van der Waals surface area (Å²) in [5.41, 5.74) is 1.02. The molecule has 2 aromatic rings. The summed E-state index contributed by atoms with van der Waals surface area (Å²) in [6.45, 7) is 5.05. The Balaban J connectivity index is 2.48. The molecule has 19 heavy (non-hydrogen) atoms. The van der Waals surface area contributed by atoms with Gasteiger partial charge >= 0.3 is 0 Å². The predicted molar refractivity (Wildman–Crippen MR) is 88.7 cm³/mol. The molecule has 1 heterocycles. The van der Waals surface area contributed by atoms with Gasteiger partial charge in [0.1, 0.15) is 0 Å². The second-order valence-corrected chi connectivity index (χ2v) is 7.11. The first kappa shape index (κ1) is 15.3. The molecule has 102 valence electrons. The molecule has 5 heteroatoms. The standard InChI is InChI=1S/C14H14BrCl2NS/c1-3-18-14(12-7-10(15)8(2)19-12)9-5-4-6-11(16)13(9)17/h4-7,14,18H,3H2,1-2H3. The van der Waals surface area contributed by atoms with Gasteiger partial charge in [-0.3, -0.25) is 0 Å². The summed E-state index contributed by atoms with van der Waals surface area (Å²) in [6.07, 6.45) is 0. The summed E-state index contributed by atoms with van der Waals surface area (Å²) in [5, 5.41) is 4.68. The molecule has 0 aliphatic rings. The van der Waals surface area contributed by atoms with Crippen LogP contribution >= 0.6 is 50.5 Å². The highest BCUT2D eigenvalue weighted by atomic mass is 79.9. The minimum Gasteiger partial charge on any atom is -0.306 e. The highest BCUT2D eigenvalue weighted by Gasteiger charge is 2.20. The van der Waals surface area contributed by atoms with Crippen molar-refractivity contribution in [3.8, 4) is 0 Å². The van der Waals surface area contributed by atoms with E-state index in [2.05, 4.69) is 41.2 Å². The van der Waals surface area contributed by atoms with Gasteiger partial charge in [-0.1, -0.05) is 42.3 Å². The number of rotatable bonds is 4. The van der Waals surface area contributed by atoms with E-state index in [9.17, 15) is 0 Å². The molecule has 1 nitrogen and oxygen atoms in total. The third kappa shape index (κ3) is 3.34. The number of thiophene rings is 1. The van der Waals surface area contributed by atoms with E-state index in [1.165, 1.54) is 9.75 Å². The Bertz CT molecular complexity index is 563. The Morgan fingerprint density at radius 3 is 2.68 bits per heavy atom. The van der Waals surface area contributed by atoms with E-state index < -0.39 is 0 Å². The average molecular weight is 379 g/mol. The van der Waals surface area contributed by atoms with Crippen molar-refractivity contribution in [3.05, 3.63) is 54.1 Å². The molecule has 0 aliphatic carbocycles. The molecule has 0 aliphatic heterocycles. The van der Waals surface area contributed by atoms with Crippen LogP contribution in [0.3, 0.4) is 0 Å². The Hall–Kier alpha value is -0.0600. The minimum absolute atomic E-state index is 0.0752. The van der Waals surface area contributed by atoms with Gasteiger partial charge in [-0.2, -0.15) is 0 Å². The summed E-state index contributed by atoms with van der Waals surface area (Å²) in [7, 11) is 0. The fraction of sp³-hybridized carbons (Fsp3) is 0.286. The molecule has 0 bridgehead atoms. The molecule has 1 unspecified atom stereocenters. The van der Waals surface area contributed by atoms with Gasteiger partial charge < -0.3 is 5.32 Å². The lowest BCUT2D eigenvalue weighted by molar-refractivity contribution is 0.640. The second kappa shape index (κ2) is 6.59. The van der Waals surface area contributed by atoms with Gasteiger partial charge in [0.05, 0.1) is 16.1 Å². The maximum Gasteiger partial charge on any atom is 0.0686 e. The minimum atomic E-state index is 0.0752. The molecule has 0 fully saturated rings. The molecule has 0 saturated heterocycles. The molecular weight excluding hydrogens is 365 g/mol. The number of hydrogen-bond donors (Lipinski definition) is 1. The predicted octanol–water partition coefficient (Wildman–Crippen LogP) is 5.82. The van der Waals surface area contributed by atoms with Crippen molar-refractivity contribution in [2.24, 2.45) is 0 Å². The quantitative estimate of drug-likeness (QED) is 0.706. The molecule has 1 aromatic carbocycles. The van der Waals surface area contributed by atoms with Crippen LogP contribution in [0, 0.1) is 6.92 Å². The lowest BCUT2D eigenvalue weighted by Crippen LogP contribution is -2.21. The van der Waals surface area contributed by atoms with Crippen molar-refractivity contribution in [1.29, 1.82) is 0 Å². The van der Waals surface area contributed by atoms with Gasteiger partial charge in [0.2, 0.25) is 0 Å². The lowest BCUT2D eigenvalue weighted by Gasteiger charge is -2.18. The van der Waals surface area contributed by atoms with Gasteiger partial charge in [0.25, 0.3) is 0 Å². The molecular formula is C14H14BrCl2NS. The van der Waals surface area contributed by atoms with Crippen LogP contribution in [0.1, 0.15) is 28.3 Å². The van der Waals surface area contributed by atoms with Crippen molar-refractivity contribution in [1.82, 2.24) is 5.32 Å². The SMILES string of the molecule is CCNC(c1cc(Br)c(C)s1)c1cccc(Cl)c1Cl. The van der Waals surface area contributed by atoms with E-state index in [0.717, 1.165) is 16.6 Å². The zero-order valence-electron chi connectivity index (χ0n) is 10.6. The average Bonchev–Trinajstić information content (AvgIpc) is 2.70. The van der Waals surface area contributed by atoms with Crippen molar-refractivity contribution in [2.45, 2.75) is 19.9 Å². The van der Waals surface area contributed by atoms with Crippen LogP contribution in [-0.2, 0) is 0 Å². The Morgan fingerprint density at radius 1 is 1.37 bits per heavy atom. The van der Waals surface area contributed by atoms with Crippen LogP contribution in [0.4, 0.5) is 0 Å². The van der Waals surface area contributed by atoms with Crippen LogP contribution in [0.2, 0.25) is 10.0 Å². The van der Waals surface area contributed by atoms with E-state index in [1.54, 1.807) is 11.3 Å². The molecule has 1 atom stereocenters. The normalized spacial score (nSPS) is 12.7. The van der Waals surface area contributed by atoms with Crippen LogP contribution < -0.4 is 5.32 Å². The number of halogens is 3. The van der Waals surface area contributed by atoms with E-state index in [1.807, 2.05) is 18.2 Å². The van der Waals surface area contributed by atoms with Crippen LogP contribution in [0.5, 0.6) is 0 Å². The maximum atomic E-state index is 6.34. The van der Waals surface area contributed by atoms with E-state index in [-0.39, 0.29) is 6.04 Å². The molecule has 2 rings (SSSR count). The topological polar surface area (TPSA) is 12.0 Å². The third-order valence-electron chi connectivity index (χ3n) is 2.86. The summed E-state index contributed by atoms with van der Waals surface area (Å²) in [6, 6.07) is 7.98. The van der Waals surface area contributed by atoms with Crippen LogP contribution in [-0.4, -0.2) is 6.54 Å². The van der Waals surface area contributed by atoms with Crippen molar-refractivity contribution in [3.63, 3.8) is 0 Å². The Kier molecular flexibility index (Phi) is 5.32. The van der Waals surface area contributed by atoms with E-state index in [0.29, 0.717) is 10.0 Å². The van der Waals surface area contributed by atoms with Crippen molar-refractivity contribution >= 4 is 50.5 Å². The first-order valence-corrected chi connectivity index (χ1v) is 8.34. The van der Waals surface area contributed by atoms with Crippen LogP contribution in [0.25, 0.3) is 0 Å². The van der Waals surface area contributed by atoms with Gasteiger partial charge in [0.15, 0.2) is 0 Å². The fourth-order valence-electron chi connectivity index (χ4n) is 1.94. The monoisotopic (exact) mass is 377 g/mol. The molecule has 0 radical (unpaired) electrons. The highest BCUT2D eigenvalue weighted by Crippen LogP contribution is 2.38. The number of aryl methyl sites for hydroxylation is 1. The van der Waals surface area contributed by atoms with Gasteiger partial charge in [-0.15, -0.1) is 11.3 Å². The Morgan fingerprint density at radius 2 is 2.11 bits per heavy atom. The molecule has 1 aromatic heterocycles. The Labute approximate surface area is 136 Å². The largest absolute Gasteiger partial charge is 0.306 e. The molecule has 0 amide bonds. The smallest absolute Gasteiger partial charge is 0.0686 e. The highest BCUT2D eigenvalue weighted by molar-refractivity contribution is 9.10. The van der Waals surface area contributed by atoms with E-state index in [4.69, 9.17) is 23.2 Å². The summed E-state index contributed by atoms with van der Waals surface area (Å²) >= 11 is 17.8. The van der Waals surface area contributed by atoms with Crippen LogP contribution in [0.15, 0.2) is 28.7 Å². The molecule has 0 spiro atoms. The maximum absolute atomic E-state index is 6.34. The first-order valence-electron chi connectivity index (χ1n) is 5.97. The fourth-order valence-corrected chi connectivity index (χ4v) is 4.01. The third-order valence-corrected chi connectivity index (χ3v) is 5.90. The zero-order chi connectivity index (χ0) is 14.0. The summed E-state index contributed by atoms with van der Waals surface area (Å²) in [4.78, 5) is 2.49. The van der Waals surface area contributed by atoms with Gasteiger partial charge in [0, 0.05) is 14.2 Å². The molecule has 0 saturated carbocycles. The van der Waals surface area contributed by atoms with Gasteiger partial charge in [-0.05, 0) is 47.1 Å². The van der Waals surface area contributed by atoms with Gasteiger partial charge in [-0.25, -0.2) is 0 Å². The van der Waals surface area contributed by atoms with Crippen molar-refractivity contribution < 1.29 is 0 Å². The number of hydrogen-bond acceptors (Lipinski definition) is 2. The van der Waals surface area contributed by atoms with Crippen molar-refractivity contribution in [2.75, 3.05) is 6.54 Å². The zero-order valence-corrected chi connectivity index (χ0v) is 14.6. The van der Waals surface area contributed by atoms with E-state index >= 15 is 0 Å². The lowest BCUT2D eigenvalue weighted by atomic mass is 10.1. The summed E-state index contributed by atoms with van der Waals surface area (Å²) < 4.78 is 1.13. The summed E-state index contributed by atoms with van der Waals surface area (Å²) in [5.74, 6) is 0. The first-order chi connectivity index (χ1) is 9.04. The molecule has 1 N–H and O–H groups in total. The second-order valence-electron chi connectivity index (χ2n) is 4.19. The number of benzene rings is 1.